The normalized spacial score (nSPS) is 11.2. The highest BCUT2D eigenvalue weighted by Gasteiger charge is 2.18. The Hall–Kier alpha value is -5.18. The molecule has 0 amide bonds. The lowest BCUT2D eigenvalue weighted by Gasteiger charge is -2.16. The van der Waals surface area contributed by atoms with Crippen LogP contribution >= 0.6 is 0 Å². The van der Waals surface area contributed by atoms with Crippen LogP contribution in [0.2, 0.25) is 0 Å². The van der Waals surface area contributed by atoms with Gasteiger partial charge in [0.1, 0.15) is 5.58 Å². The second-order valence-corrected chi connectivity index (χ2v) is 8.76. The third-order valence-electron chi connectivity index (χ3n) is 6.10. The van der Waals surface area contributed by atoms with Crippen molar-refractivity contribution in [1.82, 2.24) is 9.66 Å². The fourth-order valence-corrected chi connectivity index (χ4v) is 4.29. The largest absolute Gasteiger partial charge is 0.490 e. The first-order valence-corrected chi connectivity index (χ1v) is 12.7. The van der Waals surface area contributed by atoms with Gasteiger partial charge in [0.25, 0.3) is 5.56 Å². The summed E-state index contributed by atoms with van der Waals surface area (Å²) in [7, 11) is 1.29. The first-order chi connectivity index (χ1) is 19.5. The highest BCUT2D eigenvalue weighted by molar-refractivity contribution is 5.85. The van der Waals surface area contributed by atoms with Gasteiger partial charge in [-0.25, -0.2) is 9.78 Å². The summed E-state index contributed by atoms with van der Waals surface area (Å²) in [4.78, 5) is 30.0. The molecule has 0 atom stereocenters. The van der Waals surface area contributed by atoms with E-state index in [1.54, 1.807) is 36.6 Å². The van der Waals surface area contributed by atoms with Crippen LogP contribution in [0.3, 0.4) is 0 Å². The summed E-state index contributed by atoms with van der Waals surface area (Å²) in [5, 5.41) is 5.86. The van der Waals surface area contributed by atoms with Crippen LogP contribution in [-0.2, 0) is 16.0 Å². The predicted molar refractivity (Wildman–Crippen MR) is 153 cm³/mol. The number of allylic oxidation sites excluding steroid dienone is 1. The van der Waals surface area contributed by atoms with Gasteiger partial charge in [0, 0.05) is 10.9 Å². The molecule has 0 aliphatic carbocycles. The number of furan rings is 1. The second kappa shape index (κ2) is 11.7. The van der Waals surface area contributed by atoms with Gasteiger partial charge < -0.3 is 18.6 Å². The lowest BCUT2D eigenvalue weighted by Crippen LogP contribution is -2.20. The number of hydrogen-bond acceptors (Lipinski definition) is 8. The monoisotopic (exact) mass is 537 g/mol. The second-order valence-electron chi connectivity index (χ2n) is 8.76. The maximum atomic E-state index is 13.6. The van der Waals surface area contributed by atoms with Crippen molar-refractivity contribution in [3.63, 3.8) is 0 Å². The highest BCUT2D eigenvalue weighted by atomic mass is 16.6. The third-order valence-corrected chi connectivity index (χ3v) is 6.10. The van der Waals surface area contributed by atoms with Crippen LogP contribution in [0.4, 0.5) is 0 Å². The number of nitrogens with zero attached hydrogens (tertiary/aromatic N) is 3. The minimum atomic E-state index is -0.515. The maximum Gasteiger partial charge on any atom is 0.343 e. The fraction of sp³-hybridized carbons (Fsp3) is 0.161. The zero-order valence-electron chi connectivity index (χ0n) is 22.1. The first-order valence-electron chi connectivity index (χ1n) is 12.7. The number of methoxy groups -OCH3 is 1. The Morgan fingerprint density at radius 3 is 2.67 bits per heavy atom. The molecule has 2 aromatic heterocycles. The van der Waals surface area contributed by atoms with Gasteiger partial charge in [-0.15, -0.1) is 6.58 Å². The van der Waals surface area contributed by atoms with E-state index < -0.39 is 5.97 Å². The molecule has 9 nitrogen and oxygen atoms in total. The van der Waals surface area contributed by atoms with E-state index >= 15 is 0 Å². The fourth-order valence-electron chi connectivity index (χ4n) is 4.29. The summed E-state index contributed by atoms with van der Waals surface area (Å²) in [6.07, 6.45) is 3.71. The molecule has 0 spiro atoms. The first kappa shape index (κ1) is 26.4. The van der Waals surface area contributed by atoms with E-state index in [4.69, 9.17) is 23.6 Å². The molecule has 202 valence electrons. The number of aromatic nitrogens is 2. The van der Waals surface area contributed by atoms with E-state index in [1.165, 1.54) is 11.8 Å². The lowest BCUT2D eigenvalue weighted by molar-refractivity contribution is -0.142. The van der Waals surface area contributed by atoms with Crippen LogP contribution in [0.25, 0.3) is 33.5 Å². The number of ether oxygens (including phenoxy) is 3. The van der Waals surface area contributed by atoms with Gasteiger partial charge in [0.15, 0.2) is 23.9 Å². The van der Waals surface area contributed by atoms with Crippen molar-refractivity contribution in [2.45, 2.75) is 13.3 Å². The Morgan fingerprint density at radius 1 is 1.10 bits per heavy atom. The van der Waals surface area contributed by atoms with E-state index in [-0.39, 0.29) is 18.0 Å². The standard InChI is InChI=1S/C31H27N3O6/c1-4-10-22-15-20(16-26(38-5-2)29(22)39-19-28(35)37-3)18-32-34-30(27-17-21-11-6-9-14-25(21)40-27)33-24-13-8-7-12-23(24)31(34)36/h4,6-9,11-18H,1,5,10,19H2,2-3H3. The topological polar surface area (TPSA) is 105 Å². The van der Waals surface area contributed by atoms with Gasteiger partial charge in [-0.3, -0.25) is 4.79 Å². The van der Waals surface area contributed by atoms with Crippen molar-refractivity contribution >= 4 is 34.1 Å². The number of benzene rings is 3. The van der Waals surface area contributed by atoms with Crippen LogP contribution < -0.4 is 15.0 Å². The number of carbonyl (C=O) groups excluding carboxylic acids is 1. The zero-order valence-corrected chi connectivity index (χ0v) is 22.1. The summed E-state index contributed by atoms with van der Waals surface area (Å²) in [6.45, 7) is 5.77. The maximum absolute atomic E-state index is 13.6. The Bertz CT molecular complexity index is 1770. The number of para-hydroxylation sites is 2. The molecule has 3 aromatic carbocycles. The van der Waals surface area contributed by atoms with Crippen molar-refractivity contribution in [3.05, 3.63) is 101 Å². The summed E-state index contributed by atoms with van der Waals surface area (Å²) < 4.78 is 23.5. The average molecular weight is 538 g/mol. The molecule has 0 bridgehead atoms. The zero-order chi connectivity index (χ0) is 28.1. The van der Waals surface area contributed by atoms with Crippen LogP contribution in [0.5, 0.6) is 11.5 Å². The molecule has 40 heavy (non-hydrogen) atoms. The van der Waals surface area contributed by atoms with Gasteiger partial charge in [0.2, 0.25) is 5.82 Å². The molecule has 9 heteroatoms. The molecule has 0 aliphatic rings. The molecule has 0 saturated carbocycles. The molecule has 2 heterocycles. The Balaban J connectivity index is 1.63. The van der Waals surface area contributed by atoms with Gasteiger partial charge in [0.05, 0.1) is 30.8 Å². The number of hydrogen-bond donors (Lipinski definition) is 0. The van der Waals surface area contributed by atoms with Crippen LogP contribution in [0.15, 0.2) is 93.7 Å². The molecule has 5 aromatic rings. The minimum Gasteiger partial charge on any atom is -0.490 e. The summed E-state index contributed by atoms with van der Waals surface area (Å²) in [6, 6.07) is 20.1. The number of rotatable bonds is 10. The van der Waals surface area contributed by atoms with Crippen molar-refractivity contribution in [2.24, 2.45) is 5.10 Å². The Kier molecular flexibility index (Phi) is 7.72. The molecule has 0 radical (unpaired) electrons. The third kappa shape index (κ3) is 5.35. The van der Waals surface area contributed by atoms with Crippen LogP contribution in [-0.4, -0.2) is 42.2 Å². The van der Waals surface area contributed by atoms with Gasteiger partial charge in [-0.05, 0) is 55.3 Å². The molecule has 0 aliphatic heterocycles. The highest BCUT2D eigenvalue weighted by Crippen LogP contribution is 2.34. The molecular formula is C31H27N3O6. The lowest BCUT2D eigenvalue weighted by atomic mass is 10.1. The van der Waals surface area contributed by atoms with Gasteiger partial charge in [-0.2, -0.15) is 9.78 Å². The average Bonchev–Trinajstić information content (AvgIpc) is 3.40. The molecular weight excluding hydrogens is 510 g/mol. The summed E-state index contributed by atoms with van der Waals surface area (Å²) >= 11 is 0. The summed E-state index contributed by atoms with van der Waals surface area (Å²) in [5.41, 5.74) is 2.24. The molecule has 0 fully saturated rings. The number of carbonyl (C=O) groups is 1. The number of esters is 1. The molecule has 0 saturated heterocycles. The van der Waals surface area contributed by atoms with Crippen LogP contribution in [0, 0.1) is 0 Å². The van der Waals surface area contributed by atoms with E-state index in [0.717, 1.165) is 10.9 Å². The number of fused-ring (bicyclic) bond motifs is 2. The minimum absolute atomic E-state index is 0.269. The van der Waals surface area contributed by atoms with E-state index in [2.05, 4.69) is 11.7 Å². The van der Waals surface area contributed by atoms with Crippen molar-refractivity contribution < 1.29 is 23.4 Å². The van der Waals surface area contributed by atoms with E-state index in [0.29, 0.717) is 52.3 Å². The smallest absolute Gasteiger partial charge is 0.343 e. The SMILES string of the molecule is C=CCc1cc(C=Nn2c(-c3cc4ccccc4o3)nc3ccccc3c2=O)cc(OCC)c1OCC(=O)OC. The van der Waals surface area contributed by atoms with E-state index in [9.17, 15) is 9.59 Å². The van der Waals surface area contributed by atoms with Crippen molar-refractivity contribution in [3.8, 4) is 23.1 Å². The molecule has 0 N–H and O–H groups in total. The van der Waals surface area contributed by atoms with Gasteiger partial charge in [-0.1, -0.05) is 36.4 Å². The van der Waals surface area contributed by atoms with Crippen LogP contribution in [0.1, 0.15) is 18.1 Å². The Morgan fingerprint density at radius 2 is 1.90 bits per heavy atom. The predicted octanol–water partition coefficient (Wildman–Crippen LogP) is 5.37. The van der Waals surface area contributed by atoms with Crippen molar-refractivity contribution in [1.29, 1.82) is 0 Å². The van der Waals surface area contributed by atoms with Crippen molar-refractivity contribution in [2.75, 3.05) is 20.3 Å². The molecule has 0 unspecified atom stereocenters. The molecule has 5 rings (SSSR count). The Labute approximate surface area is 229 Å². The van der Waals surface area contributed by atoms with Gasteiger partial charge >= 0.3 is 5.97 Å². The quantitative estimate of drug-likeness (QED) is 0.134. The summed E-state index contributed by atoms with van der Waals surface area (Å²) in [5.74, 6) is 1.00. The van der Waals surface area contributed by atoms with E-state index in [1.807, 2.05) is 49.4 Å².